The van der Waals surface area contributed by atoms with Crippen LogP contribution in [0.25, 0.3) is 11.0 Å². The van der Waals surface area contributed by atoms with Gasteiger partial charge in [0, 0.05) is 12.3 Å². The van der Waals surface area contributed by atoms with E-state index in [1.54, 1.807) is 18.7 Å². The lowest BCUT2D eigenvalue weighted by Gasteiger charge is -2.19. The third-order valence-corrected chi connectivity index (χ3v) is 3.81. The van der Waals surface area contributed by atoms with Gasteiger partial charge in [0.25, 0.3) is 0 Å². The number of nitrogens with one attached hydrogen (secondary N) is 1. The minimum absolute atomic E-state index is 0.285. The molecule has 98 valence electrons. The van der Waals surface area contributed by atoms with Gasteiger partial charge in [-0.1, -0.05) is 17.8 Å². The van der Waals surface area contributed by atoms with E-state index in [9.17, 15) is 5.11 Å². The Labute approximate surface area is 111 Å². The number of aliphatic hydroxyl groups is 1. The maximum Gasteiger partial charge on any atom is 0.166 e. The molecule has 0 spiro atoms. The molecule has 4 nitrogen and oxygen atoms in total. The first-order valence-corrected chi connectivity index (χ1v) is 7.00. The highest BCUT2D eigenvalue weighted by molar-refractivity contribution is 7.99. The molecule has 0 aliphatic rings. The molecular formula is C13H19N3OS. The average molecular weight is 265 g/mol. The van der Waals surface area contributed by atoms with Crippen LogP contribution in [0.3, 0.4) is 0 Å². The summed E-state index contributed by atoms with van der Waals surface area (Å²) in [6.45, 7) is 4.11. The zero-order chi connectivity index (χ0) is 13.2. The Kier molecular flexibility index (Phi) is 3.94. The maximum absolute atomic E-state index is 9.81. The summed E-state index contributed by atoms with van der Waals surface area (Å²) in [6.07, 6.45) is 0.657. The van der Waals surface area contributed by atoms with Crippen molar-refractivity contribution in [1.29, 1.82) is 0 Å². The lowest BCUT2D eigenvalue weighted by atomic mass is 10.1. The van der Waals surface area contributed by atoms with Crippen LogP contribution in [0, 0.1) is 6.92 Å². The van der Waals surface area contributed by atoms with Gasteiger partial charge in [-0.05, 0) is 38.0 Å². The minimum Gasteiger partial charge on any atom is -0.389 e. The van der Waals surface area contributed by atoms with E-state index in [4.69, 9.17) is 5.73 Å². The van der Waals surface area contributed by atoms with Crippen molar-refractivity contribution in [1.82, 2.24) is 9.97 Å². The lowest BCUT2D eigenvalue weighted by molar-refractivity contribution is 0.0665. The molecule has 1 atom stereocenters. The van der Waals surface area contributed by atoms with Crippen LogP contribution in [0.2, 0.25) is 0 Å². The molecular weight excluding hydrogens is 246 g/mol. The second-order valence-electron chi connectivity index (χ2n) is 4.86. The fourth-order valence-corrected chi connectivity index (χ4v) is 2.72. The van der Waals surface area contributed by atoms with Gasteiger partial charge in [0.2, 0.25) is 0 Å². The average Bonchev–Trinajstić information content (AvgIpc) is 2.70. The predicted molar refractivity (Wildman–Crippen MR) is 75.8 cm³/mol. The highest BCUT2D eigenvalue weighted by atomic mass is 32.2. The van der Waals surface area contributed by atoms with Gasteiger partial charge in [-0.2, -0.15) is 0 Å². The fourth-order valence-electron chi connectivity index (χ4n) is 1.64. The van der Waals surface area contributed by atoms with E-state index in [0.717, 1.165) is 21.9 Å². The minimum atomic E-state index is -0.782. The van der Waals surface area contributed by atoms with Gasteiger partial charge in [0.05, 0.1) is 16.6 Å². The number of aromatic nitrogens is 2. The van der Waals surface area contributed by atoms with Crippen LogP contribution in [0.1, 0.15) is 18.9 Å². The standard InChI is InChI=1S/C13H19N3OS/c1-9-3-4-10-11(7-9)16-12(15-10)18-6-5-13(2,17)8-14/h3-4,7,17H,5-6,8,14H2,1-2H3,(H,15,16). The molecule has 4 N–H and O–H groups in total. The number of benzene rings is 1. The number of hydrogen-bond acceptors (Lipinski definition) is 4. The Morgan fingerprint density at radius 3 is 3.00 bits per heavy atom. The fraction of sp³-hybridized carbons (Fsp3) is 0.462. The van der Waals surface area contributed by atoms with Crippen molar-refractivity contribution in [3.8, 4) is 0 Å². The quantitative estimate of drug-likeness (QED) is 0.723. The molecule has 2 rings (SSSR count). The van der Waals surface area contributed by atoms with Crippen LogP contribution in [-0.2, 0) is 0 Å². The number of nitrogens with zero attached hydrogens (tertiary/aromatic N) is 1. The number of hydrogen-bond donors (Lipinski definition) is 3. The molecule has 0 radical (unpaired) electrons. The highest BCUT2D eigenvalue weighted by Gasteiger charge is 2.17. The van der Waals surface area contributed by atoms with Crippen molar-refractivity contribution in [3.05, 3.63) is 23.8 Å². The Balaban J connectivity index is 2.00. The molecule has 1 aromatic heterocycles. The van der Waals surface area contributed by atoms with E-state index >= 15 is 0 Å². The number of nitrogens with two attached hydrogens (primary N) is 1. The van der Waals surface area contributed by atoms with Crippen molar-refractivity contribution in [3.63, 3.8) is 0 Å². The smallest absolute Gasteiger partial charge is 0.166 e. The van der Waals surface area contributed by atoms with Crippen molar-refractivity contribution in [2.45, 2.75) is 31.0 Å². The number of rotatable bonds is 5. The van der Waals surface area contributed by atoms with Gasteiger partial charge in [0.15, 0.2) is 5.16 Å². The Hall–Kier alpha value is -1.04. The molecule has 0 aliphatic heterocycles. The summed E-state index contributed by atoms with van der Waals surface area (Å²) >= 11 is 1.61. The SMILES string of the molecule is Cc1ccc2nc(SCCC(C)(O)CN)[nH]c2c1. The predicted octanol–water partition coefficient (Wildman–Crippen LogP) is 2.06. The number of H-pyrrole nitrogens is 1. The summed E-state index contributed by atoms with van der Waals surface area (Å²) in [5.41, 5.74) is 7.95. The summed E-state index contributed by atoms with van der Waals surface area (Å²) in [5, 5.41) is 10.7. The Morgan fingerprint density at radius 1 is 1.50 bits per heavy atom. The molecule has 1 aromatic carbocycles. The number of aryl methyl sites for hydroxylation is 1. The zero-order valence-corrected chi connectivity index (χ0v) is 11.5. The molecule has 1 unspecified atom stereocenters. The first-order valence-electron chi connectivity index (χ1n) is 6.02. The highest BCUT2D eigenvalue weighted by Crippen LogP contribution is 2.22. The van der Waals surface area contributed by atoms with E-state index in [1.807, 2.05) is 6.07 Å². The zero-order valence-electron chi connectivity index (χ0n) is 10.7. The van der Waals surface area contributed by atoms with Gasteiger partial charge in [-0.25, -0.2) is 4.98 Å². The molecule has 5 heteroatoms. The molecule has 0 saturated heterocycles. The molecule has 0 fully saturated rings. The van der Waals surface area contributed by atoms with Crippen molar-refractivity contribution in [2.75, 3.05) is 12.3 Å². The Morgan fingerprint density at radius 2 is 2.28 bits per heavy atom. The number of fused-ring (bicyclic) bond motifs is 1. The van der Waals surface area contributed by atoms with Crippen LogP contribution in [0.4, 0.5) is 0 Å². The van der Waals surface area contributed by atoms with Crippen molar-refractivity contribution >= 4 is 22.8 Å². The molecule has 0 saturated carbocycles. The molecule has 0 amide bonds. The monoisotopic (exact) mass is 265 g/mol. The molecule has 1 heterocycles. The van der Waals surface area contributed by atoms with E-state index < -0.39 is 5.60 Å². The summed E-state index contributed by atoms with van der Waals surface area (Å²) in [6, 6.07) is 6.15. The summed E-state index contributed by atoms with van der Waals surface area (Å²) in [7, 11) is 0. The number of imidazole rings is 1. The third-order valence-electron chi connectivity index (χ3n) is 2.93. The van der Waals surface area contributed by atoms with Crippen LogP contribution in [0.15, 0.2) is 23.4 Å². The Bertz CT molecular complexity index is 536. The van der Waals surface area contributed by atoms with Crippen LogP contribution in [0.5, 0.6) is 0 Å². The van der Waals surface area contributed by atoms with Crippen molar-refractivity contribution in [2.24, 2.45) is 5.73 Å². The van der Waals surface area contributed by atoms with Crippen LogP contribution in [-0.4, -0.2) is 33.0 Å². The second-order valence-corrected chi connectivity index (χ2v) is 5.95. The summed E-state index contributed by atoms with van der Waals surface area (Å²) < 4.78 is 0. The van der Waals surface area contributed by atoms with Crippen LogP contribution < -0.4 is 5.73 Å². The lowest BCUT2D eigenvalue weighted by Crippen LogP contribution is -2.34. The van der Waals surface area contributed by atoms with Gasteiger partial charge in [-0.15, -0.1) is 0 Å². The van der Waals surface area contributed by atoms with Gasteiger partial charge >= 0.3 is 0 Å². The first-order chi connectivity index (χ1) is 8.50. The second kappa shape index (κ2) is 5.30. The summed E-state index contributed by atoms with van der Waals surface area (Å²) in [5.74, 6) is 0.795. The molecule has 2 aromatic rings. The van der Waals surface area contributed by atoms with Crippen LogP contribution >= 0.6 is 11.8 Å². The van der Waals surface area contributed by atoms with Gasteiger partial charge < -0.3 is 15.8 Å². The van der Waals surface area contributed by atoms with E-state index in [0.29, 0.717) is 6.42 Å². The number of thioether (sulfide) groups is 1. The topological polar surface area (TPSA) is 74.9 Å². The molecule has 0 aliphatic carbocycles. The maximum atomic E-state index is 9.81. The van der Waals surface area contributed by atoms with Crippen molar-refractivity contribution < 1.29 is 5.11 Å². The van der Waals surface area contributed by atoms with E-state index in [2.05, 4.69) is 29.0 Å². The van der Waals surface area contributed by atoms with Gasteiger partial charge in [-0.3, -0.25) is 0 Å². The van der Waals surface area contributed by atoms with Gasteiger partial charge in [0.1, 0.15) is 0 Å². The molecule has 0 bridgehead atoms. The van der Waals surface area contributed by atoms with E-state index in [1.165, 1.54) is 5.56 Å². The normalized spacial score (nSPS) is 14.9. The number of aromatic amines is 1. The summed E-state index contributed by atoms with van der Waals surface area (Å²) in [4.78, 5) is 7.77. The third kappa shape index (κ3) is 3.25. The van der Waals surface area contributed by atoms with E-state index in [-0.39, 0.29) is 6.54 Å². The molecule has 18 heavy (non-hydrogen) atoms. The largest absolute Gasteiger partial charge is 0.389 e. The first kappa shape index (κ1) is 13.4.